The highest BCUT2D eigenvalue weighted by molar-refractivity contribution is 8.15. The first-order valence-electron chi connectivity index (χ1n) is 7.09. The second kappa shape index (κ2) is 7.44. The molecule has 1 heterocycles. The summed E-state index contributed by atoms with van der Waals surface area (Å²) in [5, 5.41) is 11.9. The van der Waals surface area contributed by atoms with Gasteiger partial charge in [-0.2, -0.15) is 5.10 Å². The predicted octanol–water partition coefficient (Wildman–Crippen LogP) is 3.50. The molecule has 0 saturated carbocycles. The van der Waals surface area contributed by atoms with Gasteiger partial charge in [-0.3, -0.25) is 4.79 Å². The van der Waals surface area contributed by atoms with E-state index >= 15 is 0 Å². The van der Waals surface area contributed by atoms with Gasteiger partial charge in [0.05, 0.1) is 11.5 Å². The fourth-order valence-corrected chi connectivity index (χ4v) is 3.20. The van der Waals surface area contributed by atoms with Crippen LogP contribution in [0, 0.1) is 0 Å². The topological polar surface area (TPSA) is 53.8 Å². The van der Waals surface area contributed by atoms with E-state index in [1.165, 1.54) is 11.8 Å². The van der Waals surface area contributed by atoms with E-state index in [-0.39, 0.29) is 11.2 Å². The molecule has 1 aliphatic rings. The molecule has 6 heteroatoms. The molecule has 1 saturated heterocycles. The van der Waals surface area contributed by atoms with Crippen LogP contribution in [0.5, 0.6) is 0 Å². The van der Waals surface area contributed by atoms with Gasteiger partial charge in [0.1, 0.15) is 0 Å². The SMILES string of the molecule is O=C1N/C(=N\N=C\c2ccc(Cl)cc2)SC1Cc1ccccc1. The Kier molecular flexibility index (Phi) is 5.10. The molecule has 1 N–H and O–H groups in total. The molecule has 2 aromatic rings. The van der Waals surface area contributed by atoms with E-state index < -0.39 is 0 Å². The minimum Gasteiger partial charge on any atom is -0.303 e. The molecule has 1 amide bonds. The van der Waals surface area contributed by atoms with E-state index in [1.54, 1.807) is 18.3 Å². The molecule has 4 nitrogen and oxygen atoms in total. The van der Waals surface area contributed by atoms with E-state index in [2.05, 4.69) is 15.5 Å². The Balaban J connectivity index is 1.61. The molecular weight excluding hydrogens is 330 g/mol. The molecule has 23 heavy (non-hydrogen) atoms. The molecule has 1 fully saturated rings. The van der Waals surface area contributed by atoms with Crippen LogP contribution in [0.2, 0.25) is 5.02 Å². The summed E-state index contributed by atoms with van der Waals surface area (Å²) in [6.45, 7) is 0. The van der Waals surface area contributed by atoms with Gasteiger partial charge in [-0.25, -0.2) is 0 Å². The number of amidine groups is 1. The summed E-state index contributed by atoms with van der Waals surface area (Å²) in [6.07, 6.45) is 2.30. The van der Waals surface area contributed by atoms with Gasteiger partial charge in [-0.05, 0) is 29.7 Å². The molecule has 1 unspecified atom stereocenters. The van der Waals surface area contributed by atoms with E-state index in [1.807, 2.05) is 42.5 Å². The zero-order valence-corrected chi connectivity index (χ0v) is 13.7. The minimum absolute atomic E-state index is 0.0284. The Labute approximate surface area is 143 Å². The van der Waals surface area contributed by atoms with E-state index in [0.29, 0.717) is 16.6 Å². The molecule has 3 rings (SSSR count). The largest absolute Gasteiger partial charge is 0.303 e. The van der Waals surface area contributed by atoms with Gasteiger partial charge in [0.15, 0.2) is 5.17 Å². The van der Waals surface area contributed by atoms with Gasteiger partial charge in [0.25, 0.3) is 0 Å². The number of thioether (sulfide) groups is 1. The third-order valence-corrected chi connectivity index (χ3v) is 4.59. The van der Waals surface area contributed by atoms with Gasteiger partial charge in [-0.1, -0.05) is 65.8 Å². The number of benzene rings is 2. The van der Waals surface area contributed by atoms with Gasteiger partial charge in [-0.15, -0.1) is 5.10 Å². The fourth-order valence-electron chi connectivity index (χ4n) is 2.11. The Morgan fingerprint density at radius 2 is 1.87 bits per heavy atom. The molecule has 0 bridgehead atoms. The highest BCUT2D eigenvalue weighted by atomic mass is 35.5. The monoisotopic (exact) mass is 343 g/mol. The molecule has 0 aromatic heterocycles. The van der Waals surface area contributed by atoms with Crippen molar-refractivity contribution >= 4 is 40.7 Å². The van der Waals surface area contributed by atoms with Crippen molar-refractivity contribution in [2.75, 3.05) is 0 Å². The molecule has 0 radical (unpaired) electrons. The van der Waals surface area contributed by atoms with Crippen molar-refractivity contribution in [3.63, 3.8) is 0 Å². The molecule has 0 aliphatic carbocycles. The fraction of sp³-hybridized carbons (Fsp3) is 0.118. The van der Waals surface area contributed by atoms with Crippen LogP contribution in [0.4, 0.5) is 0 Å². The van der Waals surface area contributed by atoms with Crippen molar-refractivity contribution in [1.29, 1.82) is 0 Å². The lowest BCUT2D eigenvalue weighted by Gasteiger charge is -2.04. The molecule has 0 spiro atoms. The summed E-state index contributed by atoms with van der Waals surface area (Å²) in [5.74, 6) is -0.0284. The summed E-state index contributed by atoms with van der Waals surface area (Å²) >= 11 is 7.23. The quantitative estimate of drug-likeness (QED) is 0.682. The summed E-state index contributed by atoms with van der Waals surface area (Å²) in [6, 6.07) is 17.2. The number of amides is 1. The first-order chi connectivity index (χ1) is 11.2. The van der Waals surface area contributed by atoms with Crippen LogP contribution in [0.15, 0.2) is 64.8 Å². The number of carbonyl (C=O) groups is 1. The van der Waals surface area contributed by atoms with Gasteiger partial charge >= 0.3 is 0 Å². The van der Waals surface area contributed by atoms with Crippen LogP contribution in [0.25, 0.3) is 0 Å². The lowest BCUT2D eigenvalue weighted by atomic mass is 10.1. The molecule has 1 aliphatic heterocycles. The standard InChI is InChI=1S/C17H14ClN3OS/c18-14-8-6-13(7-9-14)11-19-21-17-20-16(22)15(23-17)10-12-4-2-1-3-5-12/h1-9,11,15H,10H2,(H,20,21,22)/b19-11+. The number of hydrogen-bond donors (Lipinski definition) is 1. The van der Waals surface area contributed by atoms with Gasteiger partial charge < -0.3 is 5.32 Å². The maximum absolute atomic E-state index is 12.0. The van der Waals surface area contributed by atoms with Gasteiger partial charge in [0.2, 0.25) is 5.91 Å². The highest BCUT2D eigenvalue weighted by Crippen LogP contribution is 2.23. The highest BCUT2D eigenvalue weighted by Gasteiger charge is 2.30. The second-order valence-corrected chi connectivity index (χ2v) is 6.61. The van der Waals surface area contributed by atoms with Gasteiger partial charge in [0, 0.05) is 5.02 Å². The van der Waals surface area contributed by atoms with E-state index in [4.69, 9.17) is 11.6 Å². The summed E-state index contributed by atoms with van der Waals surface area (Å²) in [5.41, 5.74) is 2.03. The van der Waals surface area contributed by atoms with Crippen LogP contribution in [0.1, 0.15) is 11.1 Å². The first-order valence-corrected chi connectivity index (χ1v) is 8.34. The maximum atomic E-state index is 12.0. The summed E-state index contributed by atoms with van der Waals surface area (Å²) in [4.78, 5) is 12.0. The van der Waals surface area contributed by atoms with Crippen molar-refractivity contribution in [3.8, 4) is 0 Å². The Morgan fingerprint density at radius 1 is 1.13 bits per heavy atom. The van der Waals surface area contributed by atoms with Crippen molar-refractivity contribution in [2.45, 2.75) is 11.7 Å². The summed E-state index contributed by atoms with van der Waals surface area (Å²) in [7, 11) is 0. The number of hydrogen-bond acceptors (Lipinski definition) is 4. The number of carbonyl (C=O) groups excluding carboxylic acids is 1. The smallest absolute Gasteiger partial charge is 0.239 e. The number of halogens is 1. The first kappa shape index (κ1) is 15.8. The molecular formula is C17H14ClN3OS. The second-order valence-electron chi connectivity index (χ2n) is 4.99. The number of nitrogens with zero attached hydrogens (tertiary/aromatic N) is 2. The molecule has 2 aromatic carbocycles. The normalized spacial score (nSPS) is 19.4. The zero-order chi connectivity index (χ0) is 16.1. The van der Waals surface area contributed by atoms with Crippen LogP contribution in [0.3, 0.4) is 0 Å². The third kappa shape index (κ3) is 4.43. The average molecular weight is 344 g/mol. The van der Waals surface area contributed by atoms with Crippen LogP contribution < -0.4 is 5.32 Å². The Hall–Kier alpha value is -2.11. The summed E-state index contributed by atoms with van der Waals surface area (Å²) < 4.78 is 0. The molecule has 116 valence electrons. The lowest BCUT2D eigenvalue weighted by molar-refractivity contribution is -0.118. The van der Waals surface area contributed by atoms with Crippen molar-refractivity contribution in [2.24, 2.45) is 10.2 Å². The van der Waals surface area contributed by atoms with Crippen molar-refractivity contribution < 1.29 is 4.79 Å². The van der Waals surface area contributed by atoms with Crippen LogP contribution >= 0.6 is 23.4 Å². The van der Waals surface area contributed by atoms with Crippen LogP contribution in [-0.2, 0) is 11.2 Å². The minimum atomic E-state index is -0.165. The molecule has 1 atom stereocenters. The van der Waals surface area contributed by atoms with Crippen molar-refractivity contribution in [1.82, 2.24) is 5.32 Å². The Bertz CT molecular complexity index is 744. The van der Waals surface area contributed by atoms with E-state index in [0.717, 1.165) is 11.1 Å². The Morgan fingerprint density at radius 3 is 2.61 bits per heavy atom. The van der Waals surface area contributed by atoms with E-state index in [9.17, 15) is 4.79 Å². The zero-order valence-electron chi connectivity index (χ0n) is 12.1. The maximum Gasteiger partial charge on any atom is 0.239 e. The average Bonchev–Trinajstić information content (AvgIpc) is 2.90. The number of nitrogens with one attached hydrogen (secondary N) is 1. The lowest BCUT2D eigenvalue weighted by Crippen LogP contribution is -2.25. The third-order valence-electron chi connectivity index (χ3n) is 3.27. The predicted molar refractivity (Wildman–Crippen MR) is 96.1 cm³/mol. The van der Waals surface area contributed by atoms with Crippen LogP contribution in [-0.4, -0.2) is 22.5 Å². The number of rotatable bonds is 4. The van der Waals surface area contributed by atoms with Crippen molar-refractivity contribution in [3.05, 3.63) is 70.7 Å².